The lowest BCUT2D eigenvalue weighted by molar-refractivity contribution is 0.0918. The molecular weight excluding hydrogens is 294 g/mol. The van der Waals surface area contributed by atoms with Crippen molar-refractivity contribution in [3.63, 3.8) is 0 Å². The molecule has 0 heterocycles. The Bertz CT molecular complexity index is 686. The van der Waals surface area contributed by atoms with Crippen LogP contribution in [0, 0.1) is 11.6 Å². The molecule has 0 saturated carbocycles. The van der Waals surface area contributed by atoms with Crippen LogP contribution in [-0.2, 0) is 0 Å². The summed E-state index contributed by atoms with van der Waals surface area (Å²) in [5.41, 5.74) is 0.333. The van der Waals surface area contributed by atoms with E-state index in [9.17, 15) is 13.6 Å². The average molecular weight is 308 g/mol. The van der Waals surface area contributed by atoms with Crippen LogP contribution in [0.2, 0.25) is 0 Å². The molecule has 0 saturated heterocycles. The number of hydrogen-bond acceptors (Lipinski definition) is 4. The van der Waals surface area contributed by atoms with Gasteiger partial charge in [0.25, 0.3) is 0 Å². The lowest BCUT2D eigenvalue weighted by Crippen LogP contribution is -2.12. The monoisotopic (exact) mass is 308 g/mol. The van der Waals surface area contributed by atoms with E-state index in [1.54, 1.807) is 12.1 Å². The highest BCUT2D eigenvalue weighted by Crippen LogP contribution is 2.27. The molecule has 4 nitrogen and oxygen atoms in total. The maximum atomic E-state index is 13.4. The van der Waals surface area contributed by atoms with Crippen molar-refractivity contribution in [3.8, 4) is 17.2 Å². The van der Waals surface area contributed by atoms with Gasteiger partial charge in [-0.3, -0.25) is 4.79 Å². The van der Waals surface area contributed by atoms with Crippen molar-refractivity contribution < 1.29 is 27.8 Å². The molecule has 2 rings (SSSR count). The second-order valence-corrected chi connectivity index (χ2v) is 4.36. The molecule has 0 aliphatic rings. The molecule has 0 aromatic heterocycles. The molecule has 0 unspecified atom stereocenters. The first-order valence-corrected chi connectivity index (χ1v) is 6.38. The molecule has 0 radical (unpaired) electrons. The quantitative estimate of drug-likeness (QED) is 0.769. The molecule has 0 atom stereocenters. The Morgan fingerprint density at radius 3 is 2.27 bits per heavy atom. The fraction of sp³-hybridized carbons (Fsp3) is 0.188. The number of rotatable bonds is 6. The Balaban J connectivity index is 2.09. The van der Waals surface area contributed by atoms with Gasteiger partial charge in [-0.25, -0.2) is 8.78 Å². The maximum Gasteiger partial charge on any atom is 0.200 e. The number of ketones is 1. The Morgan fingerprint density at radius 1 is 0.955 bits per heavy atom. The van der Waals surface area contributed by atoms with Crippen LogP contribution < -0.4 is 14.2 Å². The SMILES string of the molecule is COc1ccc(C(=O)COc2ccc(F)cc2F)cc1OC. The van der Waals surface area contributed by atoms with Crippen LogP contribution in [0.1, 0.15) is 10.4 Å². The summed E-state index contributed by atoms with van der Waals surface area (Å²) in [4.78, 5) is 12.0. The van der Waals surface area contributed by atoms with Crippen LogP contribution in [0.4, 0.5) is 8.78 Å². The Hall–Kier alpha value is -2.63. The number of benzene rings is 2. The highest BCUT2D eigenvalue weighted by atomic mass is 19.1. The van der Waals surface area contributed by atoms with E-state index in [2.05, 4.69) is 0 Å². The number of carbonyl (C=O) groups excluding carboxylic acids is 1. The van der Waals surface area contributed by atoms with Crippen molar-refractivity contribution in [2.75, 3.05) is 20.8 Å². The first kappa shape index (κ1) is 15.8. The van der Waals surface area contributed by atoms with Gasteiger partial charge >= 0.3 is 0 Å². The van der Waals surface area contributed by atoms with Crippen molar-refractivity contribution in [3.05, 3.63) is 53.6 Å². The third kappa shape index (κ3) is 3.52. The highest BCUT2D eigenvalue weighted by molar-refractivity contribution is 5.97. The van der Waals surface area contributed by atoms with Gasteiger partial charge in [0.05, 0.1) is 14.2 Å². The minimum Gasteiger partial charge on any atom is -0.493 e. The van der Waals surface area contributed by atoms with Gasteiger partial charge in [-0.1, -0.05) is 0 Å². The van der Waals surface area contributed by atoms with Crippen LogP contribution in [0.15, 0.2) is 36.4 Å². The summed E-state index contributed by atoms with van der Waals surface area (Å²) in [6.07, 6.45) is 0. The summed E-state index contributed by atoms with van der Waals surface area (Å²) in [5.74, 6) is -1.23. The first-order chi connectivity index (χ1) is 10.5. The molecular formula is C16H14F2O4. The van der Waals surface area contributed by atoms with Crippen LogP contribution in [0.25, 0.3) is 0 Å². The van der Waals surface area contributed by atoms with Gasteiger partial charge in [-0.2, -0.15) is 0 Å². The minimum atomic E-state index is -0.861. The fourth-order valence-corrected chi connectivity index (χ4v) is 1.83. The van der Waals surface area contributed by atoms with Gasteiger partial charge in [-0.15, -0.1) is 0 Å². The molecule has 0 amide bonds. The lowest BCUT2D eigenvalue weighted by atomic mass is 10.1. The predicted molar refractivity (Wildman–Crippen MR) is 75.7 cm³/mol. The van der Waals surface area contributed by atoms with E-state index in [1.165, 1.54) is 20.3 Å². The molecule has 0 N–H and O–H groups in total. The summed E-state index contributed by atoms with van der Waals surface area (Å²) < 4.78 is 41.4. The fourth-order valence-electron chi connectivity index (χ4n) is 1.83. The summed E-state index contributed by atoms with van der Waals surface area (Å²) >= 11 is 0. The van der Waals surface area contributed by atoms with Gasteiger partial charge in [0.15, 0.2) is 35.5 Å². The molecule has 0 aliphatic carbocycles. The van der Waals surface area contributed by atoms with Crippen molar-refractivity contribution in [2.45, 2.75) is 0 Å². The zero-order chi connectivity index (χ0) is 16.1. The van der Waals surface area contributed by atoms with Gasteiger partial charge in [0, 0.05) is 11.6 Å². The normalized spacial score (nSPS) is 10.2. The number of Topliss-reactive ketones (excluding diaryl/α,β-unsaturated/α-hetero) is 1. The Labute approximate surface area is 126 Å². The molecule has 6 heteroatoms. The smallest absolute Gasteiger partial charge is 0.200 e. The molecule has 0 spiro atoms. The highest BCUT2D eigenvalue weighted by Gasteiger charge is 2.13. The molecule has 0 aliphatic heterocycles. The molecule has 0 bridgehead atoms. The predicted octanol–water partition coefficient (Wildman–Crippen LogP) is 3.24. The number of halogens is 2. The van der Waals surface area contributed by atoms with E-state index >= 15 is 0 Å². The van der Waals surface area contributed by atoms with Crippen molar-refractivity contribution in [1.29, 1.82) is 0 Å². The largest absolute Gasteiger partial charge is 0.493 e. The summed E-state index contributed by atoms with van der Waals surface area (Å²) in [5, 5.41) is 0. The third-order valence-corrected chi connectivity index (χ3v) is 2.96. The lowest BCUT2D eigenvalue weighted by Gasteiger charge is -2.10. The standard InChI is InChI=1S/C16H14F2O4/c1-20-15-5-3-10(7-16(15)21-2)13(19)9-22-14-6-4-11(17)8-12(14)18/h3-8H,9H2,1-2H3. The van der Waals surface area contributed by atoms with E-state index in [-0.39, 0.29) is 18.1 Å². The molecule has 116 valence electrons. The van der Waals surface area contributed by atoms with E-state index in [0.29, 0.717) is 23.1 Å². The van der Waals surface area contributed by atoms with Gasteiger partial charge in [0.1, 0.15) is 5.82 Å². The first-order valence-electron chi connectivity index (χ1n) is 6.38. The number of ether oxygens (including phenoxy) is 3. The second kappa shape index (κ2) is 6.89. The van der Waals surface area contributed by atoms with Crippen molar-refractivity contribution >= 4 is 5.78 Å². The number of hydrogen-bond donors (Lipinski definition) is 0. The van der Waals surface area contributed by atoms with Gasteiger partial charge in [0.2, 0.25) is 0 Å². The van der Waals surface area contributed by atoms with Crippen LogP contribution >= 0.6 is 0 Å². The topological polar surface area (TPSA) is 44.8 Å². The number of carbonyl (C=O) groups is 1. The third-order valence-electron chi connectivity index (χ3n) is 2.96. The average Bonchev–Trinajstić information content (AvgIpc) is 2.53. The number of methoxy groups -OCH3 is 2. The summed E-state index contributed by atoms with van der Waals surface area (Å²) in [7, 11) is 2.94. The van der Waals surface area contributed by atoms with Crippen LogP contribution in [0.5, 0.6) is 17.2 Å². The molecule has 2 aromatic rings. The van der Waals surface area contributed by atoms with Gasteiger partial charge < -0.3 is 14.2 Å². The van der Waals surface area contributed by atoms with Crippen molar-refractivity contribution in [2.24, 2.45) is 0 Å². The molecule has 2 aromatic carbocycles. The minimum absolute atomic E-state index is 0.185. The second-order valence-electron chi connectivity index (χ2n) is 4.36. The Morgan fingerprint density at radius 2 is 1.64 bits per heavy atom. The maximum absolute atomic E-state index is 13.4. The zero-order valence-corrected chi connectivity index (χ0v) is 12.1. The van der Waals surface area contributed by atoms with E-state index < -0.39 is 11.6 Å². The van der Waals surface area contributed by atoms with E-state index in [1.807, 2.05) is 0 Å². The summed E-state index contributed by atoms with van der Waals surface area (Å²) in [6.45, 7) is -0.377. The Kier molecular flexibility index (Phi) is 4.93. The van der Waals surface area contributed by atoms with E-state index in [4.69, 9.17) is 14.2 Å². The molecule has 0 fully saturated rings. The van der Waals surface area contributed by atoms with Crippen LogP contribution in [0.3, 0.4) is 0 Å². The summed E-state index contributed by atoms with van der Waals surface area (Å²) in [6, 6.07) is 7.52. The van der Waals surface area contributed by atoms with Crippen molar-refractivity contribution in [1.82, 2.24) is 0 Å². The van der Waals surface area contributed by atoms with Crippen LogP contribution in [-0.4, -0.2) is 26.6 Å². The zero-order valence-electron chi connectivity index (χ0n) is 12.1. The van der Waals surface area contributed by atoms with E-state index in [0.717, 1.165) is 12.1 Å². The molecule has 22 heavy (non-hydrogen) atoms. The van der Waals surface area contributed by atoms with Gasteiger partial charge in [-0.05, 0) is 30.3 Å².